The highest BCUT2D eigenvalue weighted by Crippen LogP contribution is 2.03. The van der Waals surface area contributed by atoms with Gasteiger partial charge in [-0.25, -0.2) is 5.26 Å². The molecule has 0 saturated carbocycles. The van der Waals surface area contributed by atoms with Gasteiger partial charge in [0, 0.05) is 0 Å². The van der Waals surface area contributed by atoms with Crippen molar-refractivity contribution < 1.29 is 4.48 Å². The maximum atomic E-state index is 7.13. The third-order valence-electron chi connectivity index (χ3n) is 2.68. The predicted molar refractivity (Wildman–Crippen MR) is 55.4 cm³/mol. The van der Waals surface area contributed by atoms with Crippen molar-refractivity contribution in [1.29, 1.82) is 5.26 Å². The molecule has 0 fully saturated rings. The highest BCUT2D eigenvalue weighted by Gasteiger charge is 2.16. The molecule has 0 aliphatic heterocycles. The first kappa shape index (κ1) is 14.2. The zero-order valence-electron chi connectivity index (χ0n) is 8.63. The van der Waals surface area contributed by atoms with Crippen LogP contribution >= 0.6 is 0 Å². The van der Waals surface area contributed by atoms with E-state index in [-0.39, 0.29) is 0 Å². The van der Waals surface area contributed by atoms with Crippen LogP contribution in [-0.2, 0) is 12.6 Å². The molecule has 72 valence electrons. The minimum atomic E-state index is 1.28. The molecule has 0 unspecified atom stereocenters. The van der Waals surface area contributed by atoms with E-state index in [1.165, 1.54) is 36.1 Å². The Labute approximate surface area is 82.2 Å². The average molecular weight is 188 g/mol. The van der Waals surface area contributed by atoms with Crippen molar-refractivity contribution in [2.45, 2.75) is 27.7 Å². The molecule has 0 aromatic carbocycles. The second kappa shape index (κ2) is 8.76. The second-order valence-corrected chi connectivity index (χ2v) is 2.88. The summed E-state index contributed by atoms with van der Waals surface area (Å²) in [5, 5.41) is 8.47. The lowest BCUT2D eigenvalue weighted by Crippen LogP contribution is -2.47. The van der Waals surface area contributed by atoms with Crippen molar-refractivity contribution in [1.82, 2.24) is 0 Å². The fourth-order valence-corrected chi connectivity index (χ4v) is 1.34. The van der Waals surface area contributed by atoms with Crippen molar-refractivity contribution >= 4 is 12.6 Å². The number of hydrogen-bond acceptors (Lipinski definition) is 2. The Hall–Kier alpha value is -0.330. The van der Waals surface area contributed by atoms with Crippen LogP contribution in [0.15, 0.2) is 0 Å². The van der Waals surface area contributed by atoms with Crippen molar-refractivity contribution in [2.24, 2.45) is 0 Å². The molecule has 0 aromatic rings. The number of nitrogens with zero attached hydrogens (tertiary/aromatic N) is 2. The van der Waals surface area contributed by atoms with Crippen LogP contribution in [0.5, 0.6) is 0 Å². The Kier molecular flexibility index (Phi) is 10.4. The largest absolute Gasteiger partial charge is 0.696 e. The molecule has 0 heterocycles. The normalized spacial score (nSPS) is 9.58. The van der Waals surface area contributed by atoms with Crippen molar-refractivity contribution in [3.05, 3.63) is 0 Å². The number of thiocyanates is 1. The van der Waals surface area contributed by atoms with Gasteiger partial charge in [-0.3, -0.25) is 0 Å². The van der Waals surface area contributed by atoms with Gasteiger partial charge in [0.2, 0.25) is 0 Å². The lowest BCUT2D eigenvalue weighted by atomic mass is 10.3. The molecule has 2 nitrogen and oxygen atoms in total. The molecule has 0 N–H and O–H groups in total. The quantitative estimate of drug-likeness (QED) is 0.382. The van der Waals surface area contributed by atoms with Crippen molar-refractivity contribution in [3.8, 4) is 5.40 Å². The summed E-state index contributed by atoms with van der Waals surface area (Å²) in [5.41, 5.74) is 0. The highest BCUT2D eigenvalue weighted by molar-refractivity contribution is 7.64. The molecule has 0 amide bonds. The number of quaternary nitrogens is 1. The third-order valence-corrected chi connectivity index (χ3v) is 2.68. The Balaban J connectivity index is 0. The SMILES string of the molecule is CC[N+](CC)(CC)CC.N#C[S-]. The lowest BCUT2D eigenvalue weighted by Gasteiger charge is -2.34. The first-order valence-corrected chi connectivity index (χ1v) is 4.93. The van der Waals surface area contributed by atoms with Gasteiger partial charge in [-0.1, -0.05) is 5.40 Å². The zero-order chi connectivity index (χ0) is 10.0. The first-order chi connectivity index (χ1) is 5.66. The minimum absolute atomic E-state index is 1.28. The molecular formula is C9H20N2S. The molecule has 0 aromatic heterocycles. The van der Waals surface area contributed by atoms with Crippen LogP contribution < -0.4 is 0 Å². The topological polar surface area (TPSA) is 23.8 Å². The van der Waals surface area contributed by atoms with Crippen LogP contribution in [0.4, 0.5) is 0 Å². The fraction of sp³-hybridized carbons (Fsp3) is 0.889. The summed E-state index contributed by atoms with van der Waals surface area (Å²) in [5.74, 6) is 0. The molecular weight excluding hydrogens is 168 g/mol. The van der Waals surface area contributed by atoms with E-state index in [1.54, 1.807) is 0 Å². The van der Waals surface area contributed by atoms with Gasteiger partial charge in [0.25, 0.3) is 0 Å². The number of nitriles is 1. The molecule has 12 heavy (non-hydrogen) atoms. The summed E-state index contributed by atoms with van der Waals surface area (Å²) in [7, 11) is 0. The van der Waals surface area contributed by atoms with E-state index in [4.69, 9.17) is 5.26 Å². The van der Waals surface area contributed by atoms with Crippen LogP contribution in [0.1, 0.15) is 27.7 Å². The summed E-state index contributed by atoms with van der Waals surface area (Å²) < 4.78 is 1.28. The van der Waals surface area contributed by atoms with E-state index in [9.17, 15) is 0 Å². The smallest absolute Gasteiger partial charge is 0.0757 e. The van der Waals surface area contributed by atoms with E-state index in [0.717, 1.165) is 0 Å². The minimum Gasteiger partial charge on any atom is -0.696 e. The lowest BCUT2D eigenvalue weighted by molar-refractivity contribution is -0.921. The molecule has 0 aliphatic rings. The molecule has 3 heteroatoms. The van der Waals surface area contributed by atoms with E-state index in [1.807, 2.05) is 0 Å². The molecule has 0 atom stereocenters. The molecule has 0 spiro atoms. The van der Waals surface area contributed by atoms with Gasteiger partial charge in [-0.05, 0) is 27.7 Å². The van der Waals surface area contributed by atoms with Gasteiger partial charge < -0.3 is 17.1 Å². The van der Waals surface area contributed by atoms with Gasteiger partial charge in [-0.15, -0.1) is 0 Å². The van der Waals surface area contributed by atoms with E-state index < -0.39 is 0 Å². The molecule has 0 radical (unpaired) electrons. The Morgan fingerprint density at radius 2 is 1.17 bits per heavy atom. The van der Waals surface area contributed by atoms with Crippen molar-refractivity contribution in [3.63, 3.8) is 0 Å². The fourth-order valence-electron chi connectivity index (χ4n) is 1.34. The maximum absolute atomic E-state index is 7.13. The Morgan fingerprint density at radius 1 is 1.00 bits per heavy atom. The van der Waals surface area contributed by atoms with Gasteiger partial charge in [0.15, 0.2) is 0 Å². The van der Waals surface area contributed by atoms with Gasteiger partial charge >= 0.3 is 0 Å². The monoisotopic (exact) mass is 188 g/mol. The van der Waals surface area contributed by atoms with Crippen molar-refractivity contribution in [2.75, 3.05) is 26.2 Å². The number of rotatable bonds is 4. The van der Waals surface area contributed by atoms with Gasteiger partial charge in [-0.2, -0.15) is 0 Å². The molecule has 0 saturated heterocycles. The summed E-state index contributed by atoms with van der Waals surface area (Å²) in [6.45, 7) is 14.2. The van der Waals surface area contributed by atoms with E-state index in [0.29, 0.717) is 0 Å². The summed E-state index contributed by atoms with van der Waals surface area (Å²) in [6.07, 6.45) is 0. The van der Waals surface area contributed by atoms with Gasteiger partial charge in [0.1, 0.15) is 0 Å². The van der Waals surface area contributed by atoms with E-state index in [2.05, 4.69) is 40.3 Å². The van der Waals surface area contributed by atoms with Crippen LogP contribution in [0.3, 0.4) is 0 Å². The van der Waals surface area contributed by atoms with E-state index >= 15 is 0 Å². The molecule has 0 rings (SSSR count). The average Bonchev–Trinajstić information content (AvgIpc) is 2.11. The summed E-state index contributed by atoms with van der Waals surface area (Å²) in [4.78, 5) is 0. The maximum Gasteiger partial charge on any atom is 0.0757 e. The van der Waals surface area contributed by atoms with Gasteiger partial charge in [0.05, 0.1) is 26.2 Å². The standard InChI is InChI=1S/C8H20N.CHNS/c1-5-9(6-2,7-3)8-4;2-1-3/h5-8H2,1-4H3;3H/q+1;/p-1. The van der Waals surface area contributed by atoms with Crippen LogP contribution in [0.25, 0.3) is 0 Å². The molecule has 0 aliphatic carbocycles. The second-order valence-electron chi connectivity index (χ2n) is 2.70. The Morgan fingerprint density at radius 3 is 1.17 bits per heavy atom. The summed E-state index contributed by atoms with van der Waals surface area (Å²) in [6, 6.07) is 0. The predicted octanol–water partition coefficient (Wildman–Crippen LogP) is 1.90. The van der Waals surface area contributed by atoms with Crippen LogP contribution in [0.2, 0.25) is 0 Å². The summed E-state index contributed by atoms with van der Waals surface area (Å²) >= 11 is 3.70. The first-order valence-electron chi connectivity index (χ1n) is 4.52. The number of hydrogen-bond donors (Lipinski definition) is 0. The zero-order valence-corrected chi connectivity index (χ0v) is 9.45. The Bertz CT molecular complexity index is 107. The van der Waals surface area contributed by atoms with Crippen LogP contribution in [0, 0.1) is 10.7 Å². The highest BCUT2D eigenvalue weighted by atomic mass is 32.1. The third kappa shape index (κ3) is 5.34. The van der Waals surface area contributed by atoms with Crippen LogP contribution in [-0.4, -0.2) is 30.7 Å². The molecule has 0 bridgehead atoms.